The second kappa shape index (κ2) is 8.59. The van der Waals surface area contributed by atoms with E-state index < -0.39 is 17.8 Å². The number of amides is 2. The highest BCUT2D eigenvalue weighted by Gasteiger charge is 2.42. The van der Waals surface area contributed by atoms with Gasteiger partial charge in [-0.15, -0.1) is 0 Å². The van der Waals surface area contributed by atoms with Crippen LogP contribution in [0.5, 0.6) is 0 Å². The molecule has 3 aromatic carbocycles. The Morgan fingerprint density at radius 3 is 2.50 bits per heavy atom. The van der Waals surface area contributed by atoms with E-state index in [2.05, 4.69) is 15.7 Å². The number of nitrogens with zero attached hydrogens (tertiary/aromatic N) is 2. The number of carbonyl (C=O) groups excluding carboxylic acids is 2. The molecule has 0 spiro atoms. The van der Waals surface area contributed by atoms with Gasteiger partial charge in [0.15, 0.2) is 0 Å². The molecule has 0 aliphatic carbocycles. The Kier molecular flexibility index (Phi) is 5.45. The lowest BCUT2D eigenvalue weighted by molar-refractivity contribution is -0.118. The van der Waals surface area contributed by atoms with Gasteiger partial charge in [0, 0.05) is 17.0 Å². The summed E-state index contributed by atoms with van der Waals surface area (Å²) in [4.78, 5) is 26.5. The fourth-order valence-electron chi connectivity index (χ4n) is 4.52. The van der Waals surface area contributed by atoms with Crippen LogP contribution in [0.3, 0.4) is 0 Å². The predicted octanol–water partition coefficient (Wildman–Crippen LogP) is 4.51. The molecule has 6 nitrogen and oxygen atoms in total. The molecule has 0 unspecified atom stereocenters. The Morgan fingerprint density at radius 2 is 1.76 bits per heavy atom. The molecule has 7 heteroatoms. The summed E-state index contributed by atoms with van der Waals surface area (Å²) >= 11 is 0. The normalized spacial score (nSPS) is 17.1. The molecular formula is C27H23FN4O2. The topological polar surface area (TPSA) is 76.0 Å². The first-order chi connectivity index (χ1) is 16.4. The van der Waals surface area contributed by atoms with E-state index in [4.69, 9.17) is 0 Å². The zero-order chi connectivity index (χ0) is 23.8. The van der Waals surface area contributed by atoms with Crippen LogP contribution in [0.1, 0.15) is 38.7 Å². The van der Waals surface area contributed by atoms with E-state index in [-0.39, 0.29) is 11.8 Å². The molecule has 2 atom stereocenters. The van der Waals surface area contributed by atoms with Crippen molar-refractivity contribution in [3.05, 3.63) is 113 Å². The van der Waals surface area contributed by atoms with Crippen molar-refractivity contribution in [2.75, 3.05) is 5.32 Å². The van der Waals surface area contributed by atoms with Crippen molar-refractivity contribution in [1.82, 2.24) is 15.1 Å². The summed E-state index contributed by atoms with van der Waals surface area (Å²) in [7, 11) is 0. The number of fused-ring (bicyclic) bond motifs is 1. The van der Waals surface area contributed by atoms with Crippen molar-refractivity contribution >= 4 is 17.6 Å². The Labute approximate surface area is 196 Å². The standard InChI is InChI=1S/C27H23FN4O2/c1-16-8-6-10-19(14-16)26(33)29-24-23(18-9-7-11-20(28)15-18)22-17(2)31-32(25(22)30-27(24)34)21-12-4-3-5-13-21/h3-15,23-24H,1-2H3,(H,29,33)(H,30,34)/t23-,24+/m1/s1. The predicted molar refractivity (Wildman–Crippen MR) is 128 cm³/mol. The molecule has 2 N–H and O–H groups in total. The lowest BCUT2D eigenvalue weighted by atomic mass is 9.81. The number of rotatable bonds is 4. The molecule has 0 saturated heterocycles. The number of aryl methyl sites for hydroxylation is 2. The van der Waals surface area contributed by atoms with Gasteiger partial charge in [-0.2, -0.15) is 5.10 Å². The molecule has 0 saturated carbocycles. The minimum atomic E-state index is -0.950. The van der Waals surface area contributed by atoms with Crippen LogP contribution in [-0.2, 0) is 4.79 Å². The largest absolute Gasteiger partial charge is 0.339 e. The van der Waals surface area contributed by atoms with Gasteiger partial charge >= 0.3 is 0 Å². The highest BCUT2D eigenvalue weighted by atomic mass is 19.1. The Balaban J connectivity index is 1.63. The fourth-order valence-corrected chi connectivity index (χ4v) is 4.52. The average molecular weight is 455 g/mol. The molecule has 5 rings (SSSR count). The summed E-state index contributed by atoms with van der Waals surface area (Å²) in [6.07, 6.45) is 0. The number of anilines is 1. The number of hydrogen-bond donors (Lipinski definition) is 2. The number of para-hydroxylation sites is 1. The van der Waals surface area contributed by atoms with Crippen LogP contribution in [0.4, 0.5) is 10.2 Å². The third-order valence-electron chi connectivity index (χ3n) is 6.05. The lowest BCUT2D eigenvalue weighted by Gasteiger charge is -2.33. The van der Waals surface area contributed by atoms with E-state index in [1.807, 2.05) is 50.2 Å². The molecular weight excluding hydrogens is 431 g/mol. The second-order valence-electron chi connectivity index (χ2n) is 8.44. The highest BCUT2D eigenvalue weighted by Crippen LogP contribution is 2.40. The van der Waals surface area contributed by atoms with Crippen molar-refractivity contribution in [1.29, 1.82) is 0 Å². The van der Waals surface area contributed by atoms with E-state index in [0.717, 1.165) is 16.8 Å². The molecule has 0 bridgehead atoms. The first-order valence-electron chi connectivity index (χ1n) is 11.0. The molecule has 4 aromatic rings. The van der Waals surface area contributed by atoms with Crippen LogP contribution in [0.15, 0.2) is 78.9 Å². The van der Waals surface area contributed by atoms with Crippen LogP contribution < -0.4 is 10.6 Å². The van der Waals surface area contributed by atoms with Crippen LogP contribution in [-0.4, -0.2) is 27.6 Å². The van der Waals surface area contributed by atoms with Crippen LogP contribution in [0.2, 0.25) is 0 Å². The van der Waals surface area contributed by atoms with Gasteiger partial charge in [-0.05, 0) is 55.8 Å². The highest BCUT2D eigenvalue weighted by molar-refractivity contribution is 6.04. The lowest BCUT2D eigenvalue weighted by Crippen LogP contribution is -2.50. The second-order valence-corrected chi connectivity index (χ2v) is 8.44. The van der Waals surface area contributed by atoms with Crippen molar-refractivity contribution in [3.63, 3.8) is 0 Å². The van der Waals surface area contributed by atoms with E-state index in [9.17, 15) is 14.0 Å². The summed E-state index contributed by atoms with van der Waals surface area (Å²) in [6, 6.07) is 21.8. The summed E-state index contributed by atoms with van der Waals surface area (Å²) in [5, 5.41) is 10.5. The molecule has 34 heavy (non-hydrogen) atoms. The number of nitrogens with one attached hydrogen (secondary N) is 2. The Hall–Kier alpha value is -4.26. The van der Waals surface area contributed by atoms with Crippen molar-refractivity contribution in [2.24, 2.45) is 0 Å². The maximum absolute atomic E-state index is 14.3. The van der Waals surface area contributed by atoms with Crippen molar-refractivity contribution in [2.45, 2.75) is 25.8 Å². The third-order valence-corrected chi connectivity index (χ3v) is 6.05. The van der Waals surface area contributed by atoms with Gasteiger partial charge in [-0.1, -0.05) is 48.0 Å². The zero-order valence-electron chi connectivity index (χ0n) is 18.7. The summed E-state index contributed by atoms with van der Waals surface area (Å²) < 4.78 is 15.9. The number of hydrogen-bond acceptors (Lipinski definition) is 3. The van der Waals surface area contributed by atoms with E-state index in [1.54, 1.807) is 35.0 Å². The first kappa shape index (κ1) is 21.6. The SMILES string of the molecule is Cc1cccc(C(=O)N[C@@H]2C(=O)Nc3c(c(C)nn3-c3ccccc3)[C@H]2c2cccc(F)c2)c1. The van der Waals surface area contributed by atoms with Gasteiger partial charge in [0.1, 0.15) is 17.7 Å². The van der Waals surface area contributed by atoms with E-state index in [0.29, 0.717) is 22.6 Å². The molecule has 170 valence electrons. The molecule has 1 aromatic heterocycles. The monoisotopic (exact) mass is 454 g/mol. The fraction of sp³-hybridized carbons (Fsp3) is 0.148. The molecule has 1 aliphatic heterocycles. The maximum atomic E-state index is 14.3. The molecule has 0 radical (unpaired) electrons. The Morgan fingerprint density at radius 1 is 1.00 bits per heavy atom. The summed E-state index contributed by atoms with van der Waals surface area (Å²) in [5.74, 6) is -1.28. The first-order valence-corrected chi connectivity index (χ1v) is 11.0. The minimum absolute atomic E-state index is 0.373. The number of carbonyl (C=O) groups is 2. The molecule has 1 aliphatic rings. The minimum Gasteiger partial charge on any atom is -0.339 e. The Bertz CT molecular complexity index is 1400. The number of aromatic nitrogens is 2. The van der Waals surface area contributed by atoms with Crippen LogP contribution >= 0.6 is 0 Å². The number of halogens is 1. The summed E-state index contributed by atoms with van der Waals surface area (Å²) in [6.45, 7) is 3.74. The van der Waals surface area contributed by atoms with Gasteiger partial charge < -0.3 is 10.6 Å². The van der Waals surface area contributed by atoms with Gasteiger partial charge in [0.05, 0.1) is 11.4 Å². The molecule has 0 fully saturated rings. The van der Waals surface area contributed by atoms with Gasteiger partial charge in [-0.25, -0.2) is 9.07 Å². The van der Waals surface area contributed by atoms with Crippen molar-refractivity contribution in [3.8, 4) is 5.69 Å². The number of benzene rings is 3. The summed E-state index contributed by atoms with van der Waals surface area (Å²) in [5.41, 5.74) is 4.18. The average Bonchev–Trinajstić information content (AvgIpc) is 3.15. The third kappa shape index (κ3) is 3.85. The molecule has 2 amide bonds. The molecule has 2 heterocycles. The quantitative estimate of drug-likeness (QED) is 0.476. The van der Waals surface area contributed by atoms with Crippen LogP contribution in [0, 0.1) is 19.7 Å². The van der Waals surface area contributed by atoms with E-state index in [1.165, 1.54) is 12.1 Å². The zero-order valence-corrected chi connectivity index (χ0v) is 18.7. The maximum Gasteiger partial charge on any atom is 0.251 e. The van der Waals surface area contributed by atoms with Gasteiger partial charge in [-0.3, -0.25) is 9.59 Å². The van der Waals surface area contributed by atoms with E-state index >= 15 is 0 Å². The smallest absolute Gasteiger partial charge is 0.251 e. The van der Waals surface area contributed by atoms with Gasteiger partial charge in [0.25, 0.3) is 5.91 Å². The van der Waals surface area contributed by atoms with Crippen molar-refractivity contribution < 1.29 is 14.0 Å². The van der Waals surface area contributed by atoms with Crippen LogP contribution in [0.25, 0.3) is 5.69 Å². The van der Waals surface area contributed by atoms with Gasteiger partial charge in [0.2, 0.25) is 5.91 Å².